The van der Waals surface area contributed by atoms with Crippen LogP contribution in [0.5, 0.6) is 5.75 Å². The molecule has 0 amide bonds. The predicted molar refractivity (Wildman–Crippen MR) is 69.1 cm³/mol. The molecule has 0 radical (unpaired) electrons. The van der Waals surface area contributed by atoms with E-state index in [9.17, 15) is 13.2 Å². The Hall–Kier alpha value is -1.31. The maximum Gasteiger partial charge on any atom is 0.573 e. The molecule has 2 rings (SSSR count). The second-order valence-corrected chi connectivity index (χ2v) is 4.57. The molecule has 0 aliphatic rings. The predicted octanol–water partition coefficient (Wildman–Crippen LogP) is 4.25. The van der Waals surface area contributed by atoms with Crippen LogP contribution in [0.25, 0.3) is 11.3 Å². The summed E-state index contributed by atoms with van der Waals surface area (Å²) < 4.78 is 40.7. The van der Waals surface area contributed by atoms with Crippen molar-refractivity contribution in [2.24, 2.45) is 0 Å². The minimum Gasteiger partial charge on any atom is -0.406 e. The molecular weight excluding hydrogens is 358 g/mol. The number of halogens is 4. The summed E-state index contributed by atoms with van der Waals surface area (Å²) in [5, 5.41) is 0. The number of ether oxygens (including phenoxy) is 1. The van der Waals surface area contributed by atoms with Gasteiger partial charge in [-0.2, -0.15) is 0 Å². The first-order valence-corrected chi connectivity index (χ1v) is 6.00. The van der Waals surface area contributed by atoms with Crippen molar-refractivity contribution in [3.8, 4) is 17.0 Å². The van der Waals surface area contributed by atoms with Crippen LogP contribution in [0.15, 0.2) is 42.6 Å². The Morgan fingerprint density at radius 3 is 2.28 bits per heavy atom. The third-order valence-corrected chi connectivity index (χ3v) is 2.99. The summed E-state index contributed by atoms with van der Waals surface area (Å²) in [7, 11) is 0. The molecule has 2 aromatic rings. The molecule has 2 nitrogen and oxygen atoms in total. The fraction of sp³-hybridized carbons (Fsp3) is 0.0833. The Morgan fingerprint density at radius 2 is 1.72 bits per heavy atom. The maximum absolute atomic E-state index is 12.0. The lowest BCUT2D eigenvalue weighted by Gasteiger charge is -2.09. The van der Waals surface area contributed by atoms with Crippen LogP contribution in [-0.2, 0) is 0 Å². The number of alkyl halides is 3. The lowest BCUT2D eigenvalue weighted by Crippen LogP contribution is -2.16. The van der Waals surface area contributed by atoms with Gasteiger partial charge >= 0.3 is 6.36 Å². The number of benzene rings is 1. The maximum atomic E-state index is 12.0. The second kappa shape index (κ2) is 5.13. The SMILES string of the molecule is FC(F)(F)Oc1ccc(-c2ncccc2I)cc1. The van der Waals surface area contributed by atoms with Crippen LogP contribution in [0.2, 0.25) is 0 Å². The average Bonchev–Trinajstić information content (AvgIpc) is 2.29. The Balaban J connectivity index is 2.26. The van der Waals surface area contributed by atoms with Crippen LogP contribution in [0.3, 0.4) is 0 Å². The number of nitrogens with zero attached hydrogens (tertiary/aromatic N) is 1. The van der Waals surface area contributed by atoms with Gasteiger partial charge in [-0.25, -0.2) is 0 Å². The molecule has 0 aliphatic carbocycles. The van der Waals surface area contributed by atoms with Gasteiger partial charge in [-0.3, -0.25) is 4.98 Å². The molecule has 1 aromatic heterocycles. The summed E-state index contributed by atoms with van der Waals surface area (Å²) in [4.78, 5) is 4.18. The van der Waals surface area contributed by atoms with E-state index < -0.39 is 6.36 Å². The molecule has 0 saturated heterocycles. The zero-order chi connectivity index (χ0) is 13.2. The van der Waals surface area contributed by atoms with Crippen molar-refractivity contribution < 1.29 is 17.9 Å². The highest BCUT2D eigenvalue weighted by Crippen LogP contribution is 2.27. The number of hydrogen-bond donors (Lipinski definition) is 0. The average molecular weight is 365 g/mol. The van der Waals surface area contributed by atoms with Crippen LogP contribution in [0.4, 0.5) is 13.2 Å². The lowest BCUT2D eigenvalue weighted by atomic mass is 10.1. The summed E-state index contributed by atoms with van der Waals surface area (Å²) in [5.74, 6) is -0.239. The summed E-state index contributed by atoms with van der Waals surface area (Å²) in [5.41, 5.74) is 1.48. The van der Waals surface area contributed by atoms with Crippen molar-refractivity contribution in [3.63, 3.8) is 0 Å². The first-order valence-electron chi connectivity index (χ1n) is 4.92. The number of rotatable bonds is 2. The van der Waals surface area contributed by atoms with Crippen LogP contribution >= 0.6 is 22.6 Å². The van der Waals surface area contributed by atoms with Crippen molar-refractivity contribution in [2.45, 2.75) is 6.36 Å². The van der Waals surface area contributed by atoms with E-state index in [2.05, 4.69) is 32.3 Å². The highest BCUT2D eigenvalue weighted by molar-refractivity contribution is 14.1. The minimum absolute atomic E-state index is 0.239. The van der Waals surface area contributed by atoms with Crippen LogP contribution in [0.1, 0.15) is 0 Å². The van der Waals surface area contributed by atoms with Gasteiger partial charge in [-0.05, 0) is 59.0 Å². The van der Waals surface area contributed by atoms with Crippen LogP contribution in [-0.4, -0.2) is 11.3 Å². The van der Waals surface area contributed by atoms with E-state index >= 15 is 0 Å². The highest BCUT2D eigenvalue weighted by Gasteiger charge is 2.30. The normalized spacial score (nSPS) is 11.3. The fourth-order valence-electron chi connectivity index (χ4n) is 1.41. The van der Waals surface area contributed by atoms with Gasteiger partial charge in [0.15, 0.2) is 0 Å². The van der Waals surface area contributed by atoms with Gasteiger partial charge in [0, 0.05) is 15.3 Å². The van der Waals surface area contributed by atoms with Gasteiger partial charge in [-0.1, -0.05) is 0 Å². The molecule has 0 atom stereocenters. The third-order valence-electron chi connectivity index (χ3n) is 2.12. The largest absolute Gasteiger partial charge is 0.573 e. The van der Waals surface area contributed by atoms with Crippen LogP contribution < -0.4 is 4.74 Å². The molecular formula is C12H7F3INO. The molecule has 94 valence electrons. The molecule has 0 spiro atoms. The first-order chi connectivity index (χ1) is 8.46. The second-order valence-electron chi connectivity index (χ2n) is 3.41. The van der Waals surface area contributed by atoms with Crippen molar-refractivity contribution in [3.05, 3.63) is 46.2 Å². The monoisotopic (exact) mass is 365 g/mol. The Kier molecular flexibility index (Phi) is 3.74. The van der Waals surface area contributed by atoms with E-state index in [-0.39, 0.29) is 5.75 Å². The van der Waals surface area contributed by atoms with E-state index in [0.29, 0.717) is 0 Å². The van der Waals surface area contributed by atoms with Crippen molar-refractivity contribution >= 4 is 22.6 Å². The summed E-state index contributed by atoms with van der Waals surface area (Å²) in [6.07, 6.45) is -3.03. The van der Waals surface area contributed by atoms with E-state index in [0.717, 1.165) is 14.8 Å². The molecule has 0 aliphatic heterocycles. The van der Waals surface area contributed by atoms with Gasteiger partial charge in [0.2, 0.25) is 0 Å². The van der Waals surface area contributed by atoms with E-state index in [1.165, 1.54) is 12.1 Å². The smallest absolute Gasteiger partial charge is 0.406 e. The molecule has 18 heavy (non-hydrogen) atoms. The zero-order valence-corrected chi connectivity index (χ0v) is 11.1. The Morgan fingerprint density at radius 1 is 1.06 bits per heavy atom. The third kappa shape index (κ3) is 3.34. The molecule has 0 N–H and O–H groups in total. The Labute approximate surface area is 115 Å². The Bertz CT molecular complexity index is 540. The molecule has 6 heteroatoms. The fourth-order valence-corrected chi connectivity index (χ4v) is 2.07. The van der Waals surface area contributed by atoms with Gasteiger partial charge in [0.25, 0.3) is 0 Å². The van der Waals surface area contributed by atoms with E-state index in [1.807, 2.05) is 6.07 Å². The summed E-state index contributed by atoms with van der Waals surface area (Å²) in [6.45, 7) is 0. The highest BCUT2D eigenvalue weighted by atomic mass is 127. The number of aromatic nitrogens is 1. The first kappa shape index (κ1) is 13.1. The van der Waals surface area contributed by atoms with Gasteiger partial charge in [-0.15, -0.1) is 13.2 Å². The molecule has 0 bridgehead atoms. The molecule has 1 heterocycles. The molecule has 0 fully saturated rings. The standard InChI is InChI=1S/C12H7F3INO/c13-12(14,15)18-9-5-3-8(4-6-9)11-10(16)2-1-7-17-11/h1-7H. The minimum atomic E-state index is -4.67. The van der Waals surface area contributed by atoms with E-state index in [4.69, 9.17) is 0 Å². The molecule has 0 unspecified atom stereocenters. The van der Waals surface area contributed by atoms with Crippen molar-refractivity contribution in [2.75, 3.05) is 0 Å². The molecule has 0 saturated carbocycles. The topological polar surface area (TPSA) is 22.1 Å². The number of pyridine rings is 1. The molecule has 1 aromatic carbocycles. The summed E-state index contributed by atoms with van der Waals surface area (Å²) >= 11 is 2.12. The van der Waals surface area contributed by atoms with Gasteiger partial charge in [0.1, 0.15) is 5.75 Å². The van der Waals surface area contributed by atoms with E-state index in [1.54, 1.807) is 24.4 Å². The van der Waals surface area contributed by atoms with Crippen LogP contribution in [0, 0.1) is 3.57 Å². The lowest BCUT2D eigenvalue weighted by molar-refractivity contribution is -0.274. The van der Waals surface area contributed by atoms with Crippen molar-refractivity contribution in [1.29, 1.82) is 0 Å². The van der Waals surface area contributed by atoms with Gasteiger partial charge in [0.05, 0.1) is 5.69 Å². The summed E-state index contributed by atoms with van der Waals surface area (Å²) in [6, 6.07) is 9.31. The quantitative estimate of drug-likeness (QED) is 0.743. The van der Waals surface area contributed by atoms with Gasteiger partial charge < -0.3 is 4.74 Å². The zero-order valence-electron chi connectivity index (χ0n) is 8.91. The van der Waals surface area contributed by atoms with Crippen molar-refractivity contribution in [1.82, 2.24) is 4.98 Å². The number of hydrogen-bond acceptors (Lipinski definition) is 2.